The number of hydrogen-bond acceptors (Lipinski definition) is 7. The van der Waals surface area contributed by atoms with E-state index in [0.29, 0.717) is 30.8 Å². The molecule has 0 spiro atoms. The van der Waals surface area contributed by atoms with E-state index in [4.69, 9.17) is 9.47 Å². The SMILES string of the molecule is C[C@@H](CNc1ncc([N+](=O)[O-])s1)CC1(C)OCCO1. The Bertz CT molecular complexity index is 445. The lowest BCUT2D eigenvalue weighted by atomic mass is 10.0. The molecule has 1 fully saturated rings. The third kappa shape index (κ3) is 3.85. The number of aromatic nitrogens is 1. The Hall–Kier alpha value is -1.25. The smallest absolute Gasteiger partial charge is 0.345 e. The standard InChI is InChI=1S/C11H17N3O4S/c1-8(5-11(2)17-3-4-18-11)6-12-10-13-7-9(19-10)14(15)16/h7-8H,3-6H2,1-2H3,(H,12,13)/t8-/m1/s1. The highest BCUT2D eigenvalue weighted by atomic mass is 32.1. The second-order valence-corrected chi connectivity index (χ2v) is 5.79. The number of rotatable bonds is 6. The number of nitrogens with zero attached hydrogens (tertiary/aromatic N) is 2. The second kappa shape index (κ2) is 5.81. The molecule has 1 N–H and O–H groups in total. The van der Waals surface area contributed by atoms with Crippen molar-refractivity contribution in [3.05, 3.63) is 16.3 Å². The summed E-state index contributed by atoms with van der Waals surface area (Å²) in [5.74, 6) is -0.193. The van der Waals surface area contributed by atoms with E-state index in [1.807, 2.05) is 6.92 Å². The zero-order valence-electron chi connectivity index (χ0n) is 10.9. The molecular formula is C11H17N3O4S. The first kappa shape index (κ1) is 14.2. The van der Waals surface area contributed by atoms with Gasteiger partial charge >= 0.3 is 5.00 Å². The Morgan fingerprint density at radius 1 is 1.63 bits per heavy atom. The van der Waals surface area contributed by atoms with Crippen LogP contribution >= 0.6 is 11.3 Å². The van der Waals surface area contributed by atoms with E-state index in [0.717, 1.165) is 17.8 Å². The van der Waals surface area contributed by atoms with E-state index >= 15 is 0 Å². The highest BCUT2D eigenvalue weighted by Gasteiger charge is 2.32. The average Bonchev–Trinajstić information content (AvgIpc) is 2.95. The molecule has 0 bridgehead atoms. The van der Waals surface area contributed by atoms with Gasteiger partial charge in [0.2, 0.25) is 0 Å². The van der Waals surface area contributed by atoms with Gasteiger partial charge in [-0.3, -0.25) is 10.1 Å². The molecule has 2 heterocycles. The topological polar surface area (TPSA) is 86.5 Å². The molecule has 1 aromatic heterocycles. The molecule has 0 radical (unpaired) electrons. The third-order valence-electron chi connectivity index (χ3n) is 2.89. The van der Waals surface area contributed by atoms with Crippen LogP contribution in [0.15, 0.2) is 6.20 Å². The van der Waals surface area contributed by atoms with E-state index in [2.05, 4.69) is 17.2 Å². The summed E-state index contributed by atoms with van der Waals surface area (Å²) in [4.78, 5) is 14.1. The Kier molecular flexibility index (Phi) is 4.33. The number of thiazole rings is 1. The van der Waals surface area contributed by atoms with Crippen LogP contribution in [-0.2, 0) is 9.47 Å². The van der Waals surface area contributed by atoms with Crippen molar-refractivity contribution in [2.75, 3.05) is 25.1 Å². The Morgan fingerprint density at radius 2 is 2.32 bits per heavy atom. The fraction of sp³-hybridized carbons (Fsp3) is 0.727. The summed E-state index contributed by atoms with van der Waals surface area (Å²) in [6.45, 7) is 5.95. The van der Waals surface area contributed by atoms with Crippen LogP contribution in [0, 0.1) is 16.0 Å². The molecule has 7 nitrogen and oxygen atoms in total. The van der Waals surface area contributed by atoms with Gasteiger partial charge in [-0.15, -0.1) is 0 Å². The largest absolute Gasteiger partial charge is 0.361 e. The fourth-order valence-electron chi connectivity index (χ4n) is 2.07. The van der Waals surface area contributed by atoms with E-state index in [1.165, 1.54) is 6.20 Å². The maximum Gasteiger partial charge on any atom is 0.345 e. The fourth-order valence-corrected chi connectivity index (χ4v) is 2.71. The molecule has 0 saturated carbocycles. The lowest BCUT2D eigenvalue weighted by molar-refractivity contribution is -0.380. The maximum atomic E-state index is 10.5. The van der Waals surface area contributed by atoms with Crippen LogP contribution in [0.4, 0.5) is 10.1 Å². The molecule has 1 aromatic rings. The normalized spacial score (nSPS) is 19.3. The summed E-state index contributed by atoms with van der Waals surface area (Å²) in [5, 5.41) is 14.3. The van der Waals surface area contributed by atoms with E-state index in [9.17, 15) is 10.1 Å². The lowest BCUT2D eigenvalue weighted by Crippen LogP contribution is -2.30. The van der Waals surface area contributed by atoms with Gasteiger partial charge in [0, 0.05) is 13.0 Å². The first-order valence-corrected chi connectivity index (χ1v) is 6.92. The number of hydrogen-bond donors (Lipinski definition) is 1. The van der Waals surface area contributed by atoms with Crippen molar-refractivity contribution in [1.29, 1.82) is 0 Å². The highest BCUT2D eigenvalue weighted by Crippen LogP contribution is 2.28. The highest BCUT2D eigenvalue weighted by molar-refractivity contribution is 7.18. The number of nitro groups is 1. The van der Waals surface area contributed by atoms with Gasteiger partial charge in [0.1, 0.15) is 6.20 Å². The summed E-state index contributed by atoms with van der Waals surface area (Å²) in [6, 6.07) is 0. The predicted octanol–water partition coefficient (Wildman–Crippen LogP) is 2.25. The van der Waals surface area contributed by atoms with Gasteiger partial charge < -0.3 is 14.8 Å². The molecule has 8 heteroatoms. The number of anilines is 1. The van der Waals surface area contributed by atoms with Gasteiger partial charge in [-0.1, -0.05) is 6.92 Å². The Balaban J connectivity index is 1.79. The summed E-state index contributed by atoms with van der Waals surface area (Å²) in [5.41, 5.74) is 0. The Morgan fingerprint density at radius 3 is 2.89 bits per heavy atom. The molecule has 2 rings (SSSR count). The van der Waals surface area contributed by atoms with E-state index in [-0.39, 0.29) is 5.00 Å². The molecule has 1 aliphatic heterocycles. The molecule has 106 valence electrons. The van der Waals surface area contributed by atoms with E-state index in [1.54, 1.807) is 0 Å². The molecular weight excluding hydrogens is 270 g/mol. The molecule has 1 atom stereocenters. The molecule has 19 heavy (non-hydrogen) atoms. The minimum absolute atomic E-state index is 0.0459. The number of ether oxygens (including phenoxy) is 2. The van der Waals surface area contributed by atoms with Crippen molar-refractivity contribution >= 4 is 21.5 Å². The summed E-state index contributed by atoms with van der Waals surface area (Å²) < 4.78 is 11.1. The van der Waals surface area contributed by atoms with Gasteiger partial charge in [0.05, 0.1) is 18.1 Å². The van der Waals surface area contributed by atoms with Crippen molar-refractivity contribution in [2.45, 2.75) is 26.1 Å². The van der Waals surface area contributed by atoms with Gasteiger partial charge in [0.15, 0.2) is 10.9 Å². The van der Waals surface area contributed by atoms with Gasteiger partial charge in [-0.05, 0) is 24.2 Å². The van der Waals surface area contributed by atoms with Crippen molar-refractivity contribution < 1.29 is 14.4 Å². The predicted molar refractivity (Wildman–Crippen MR) is 71.3 cm³/mol. The third-order valence-corrected chi connectivity index (χ3v) is 3.80. The molecule has 0 unspecified atom stereocenters. The van der Waals surface area contributed by atoms with Crippen molar-refractivity contribution in [2.24, 2.45) is 5.92 Å². The van der Waals surface area contributed by atoms with Crippen LogP contribution in [0.1, 0.15) is 20.3 Å². The number of nitrogens with one attached hydrogen (secondary N) is 1. The van der Waals surface area contributed by atoms with Crippen LogP contribution in [0.5, 0.6) is 0 Å². The van der Waals surface area contributed by atoms with E-state index < -0.39 is 10.7 Å². The van der Waals surface area contributed by atoms with Crippen molar-refractivity contribution in [1.82, 2.24) is 4.98 Å². The van der Waals surface area contributed by atoms with Crippen LogP contribution < -0.4 is 5.32 Å². The van der Waals surface area contributed by atoms with Crippen molar-refractivity contribution in [3.8, 4) is 0 Å². The van der Waals surface area contributed by atoms with Crippen LogP contribution in [-0.4, -0.2) is 35.5 Å². The molecule has 0 amide bonds. The van der Waals surface area contributed by atoms with Crippen LogP contribution in [0.3, 0.4) is 0 Å². The zero-order valence-corrected chi connectivity index (χ0v) is 11.7. The van der Waals surface area contributed by atoms with Gasteiger partial charge in [0.25, 0.3) is 0 Å². The molecule has 0 aliphatic carbocycles. The molecule has 1 aliphatic rings. The lowest BCUT2D eigenvalue weighted by Gasteiger charge is -2.25. The first-order chi connectivity index (χ1) is 8.98. The minimum Gasteiger partial charge on any atom is -0.361 e. The Labute approximate surface area is 115 Å². The van der Waals surface area contributed by atoms with Crippen LogP contribution in [0.2, 0.25) is 0 Å². The zero-order chi connectivity index (χ0) is 13.9. The molecule has 0 aromatic carbocycles. The molecule has 1 saturated heterocycles. The average molecular weight is 287 g/mol. The quantitative estimate of drug-likeness (QED) is 0.638. The van der Waals surface area contributed by atoms with Crippen molar-refractivity contribution in [3.63, 3.8) is 0 Å². The van der Waals surface area contributed by atoms with Crippen LogP contribution in [0.25, 0.3) is 0 Å². The first-order valence-electron chi connectivity index (χ1n) is 6.10. The van der Waals surface area contributed by atoms with Gasteiger partial charge in [-0.25, -0.2) is 4.98 Å². The second-order valence-electron chi connectivity index (χ2n) is 4.78. The summed E-state index contributed by atoms with van der Waals surface area (Å²) >= 11 is 1.04. The van der Waals surface area contributed by atoms with Gasteiger partial charge in [-0.2, -0.15) is 0 Å². The summed E-state index contributed by atoms with van der Waals surface area (Å²) in [6.07, 6.45) is 2.04. The minimum atomic E-state index is -0.504. The summed E-state index contributed by atoms with van der Waals surface area (Å²) in [7, 11) is 0. The maximum absolute atomic E-state index is 10.5. The monoisotopic (exact) mass is 287 g/mol.